The first-order valence-corrected chi connectivity index (χ1v) is 10.3. The zero-order valence-corrected chi connectivity index (χ0v) is 18.0. The summed E-state index contributed by atoms with van der Waals surface area (Å²) >= 11 is 0. The lowest BCUT2D eigenvalue weighted by Gasteiger charge is -2.23. The minimum absolute atomic E-state index is 0.689. The summed E-state index contributed by atoms with van der Waals surface area (Å²) in [5, 5.41) is 3.39. The molecule has 0 aliphatic carbocycles. The Morgan fingerprint density at radius 2 is 1.40 bits per heavy atom. The fourth-order valence-corrected chi connectivity index (χ4v) is 3.09. The van der Waals surface area contributed by atoms with E-state index in [1.165, 1.54) is 0 Å². The number of hydrogen-bond donors (Lipinski definition) is 1. The molecule has 0 spiro atoms. The minimum atomic E-state index is 0.689. The highest BCUT2D eigenvalue weighted by Crippen LogP contribution is 2.21. The summed E-state index contributed by atoms with van der Waals surface area (Å²) in [6.45, 7) is 4.46. The third-order valence-electron chi connectivity index (χ3n) is 4.83. The monoisotopic (exact) mass is 406 g/mol. The van der Waals surface area contributed by atoms with E-state index >= 15 is 0 Å². The first-order valence-electron chi connectivity index (χ1n) is 10.3. The lowest BCUT2D eigenvalue weighted by atomic mass is 10.1. The van der Waals surface area contributed by atoms with Crippen molar-refractivity contribution in [2.45, 2.75) is 32.9 Å². The zero-order valence-electron chi connectivity index (χ0n) is 18.0. The van der Waals surface area contributed by atoms with E-state index in [1.807, 2.05) is 36.5 Å². The van der Waals surface area contributed by atoms with Gasteiger partial charge in [-0.25, -0.2) is 4.98 Å². The molecule has 0 aliphatic heterocycles. The molecule has 0 fully saturated rings. The van der Waals surface area contributed by atoms with Gasteiger partial charge >= 0.3 is 0 Å². The SMILES string of the molecule is CCCCNc1ccnc(N(Cc2ccc(OC)cc2)Cc2ccc(OC)cc2)n1. The van der Waals surface area contributed by atoms with Gasteiger partial charge in [-0.1, -0.05) is 37.6 Å². The van der Waals surface area contributed by atoms with Crippen LogP contribution < -0.4 is 19.7 Å². The Balaban J connectivity index is 1.82. The predicted octanol–water partition coefficient (Wildman–Crippen LogP) is 4.91. The summed E-state index contributed by atoms with van der Waals surface area (Å²) in [5.74, 6) is 3.24. The van der Waals surface area contributed by atoms with Crippen LogP contribution in [0.2, 0.25) is 0 Å². The molecular weight excluding hydrogens is 376 g/mol. The normalized spacial score (nSPS) is 10.5. The smallest absolute Gasteiger partial charge is 0.227 e. The topological polar surface area (TPSA) is 59.5 Å². The van der Waals surface area contributed by atoms with E-state index in [4.69, 9.17) is 14.5 Å². The second-order valence-corrected chi connectivity index (χ2v) is 7.07. The van der Waals surface area contributed by atoms with E-state index in [1.54, 1.807) is 14.2 Å². The minimum Gasteiger partial charge on any atom is -0.497 e. The molecule has 3 aromatic rings. The quantitative estimate of drug-likeness (QED) is 0.457. The molecule has 6 nitrogen and oxygen atoms in total. The number of ether oxygens (including phenoxy) is 2. The summed E-state index contributed by atoms with van der Waals surface area (Å²) < 4.78 is 10.6. The van der Waals surface area contributed by atoms with Crippen LogP contribution >= 0.6 is 0 Å². The summed E-state index contributed by atoms with van der Waals surface area (Å²) in [6, 6.07) is 18.1. The summed E-state index contributed by atoms with van der Waals surface area (Å²) in [4.78, 5) is 11.5. The number of anilines is 2. The first kappa shape index (κ1) is 21.4. The maximum atomic E-state index is 5.28. The summed E-state index contributed by atoms with van der Waals surface area (Å²) in [6.07, 6.45) is 4.07. The number of methoxy groups -OCH3 is 2. The molecule has 0 unspecified atom stereocenters. The number of nitrogens with one attached hydrogen (secondary N) is 1. The van der Waals surface area contributed by atoms with Crippen molar-refractivity contribution in [3.05, 3.63) is 71.9 Å². The fraction of sp³-hybridized carbons (Fsp3) is 0.333. The van der Waals surface area contributed by atoms with Gasteiger partial charge in [0.2, 0.25) is 5.95 Å². The molecule has 3 rings (SSSR count). The van der Waals surface area contributed by atoms with Crippen molar-refractivity contribution in [1.82, 2.24) is 9.97 Å². The van der Waals surface area contributed by atoms with Gasteiger partial charge in [0.25, 0.3) is 0 Å². The standard InChI is InChI=1S/C24H30N4O2/c1-4-5-15-25-23-14-16-26-24(27-23)28(17-19-6-10-21(29-2)11-7-19)18-20-8-12-22(30-3)13-9-20/h6-14,16H,4-5,15,17-18H2,1-3H3,(H,25,26,27). The van der Waals surface area contributed by atoms with Crippen LogP contribution in [0.4, 0.5) is 11.8 Å². The van der Waals surface area contributed by atoms with Gasteiger partial charge in [-0.05, 0) is 47.9 Å². The van der Waals surface area contributed by atoms with Crippen molar-refractivity contribution in [2.75, 3.05) is 31.0 Å². The maximum absolute atomic E-state index is 5.28. The Bertz CT molecular complexity index is 848. The van der Waals surface area contributed by atoms with Crippen LogP contribution in [-0.2, 0) is 13.1 Å². The van der Waals surface area contributed by atoms with E-state index in [2.05, 4.69) is 46.4 Å². The number of unbranched alkanes of at least 4 members (excludes halogenated alkanes) is 1. The van der Waals surface area contributed by atoms with Gasteiger partial charge in [0.15, 0.2) is 0 Å². The fourth-order valence-electron chi connectivity index (χ4n) is 3.09. The molecule has 0 amide bonds. The molecular formula is C24H30N4O2. The number of hydrogen-bond acceptors (Lipinski definition) is 6. The predicted molar refractivity (Wildman–Crippen MR) is 121 cm³/mol. The third kappa shape index (κ3) is 6.11. The lowest BCUT2D eigenvalue weighted by molar-refractivity contribution is 0.414. The van der Waals surface area contributed by atoms with Gasteiger partial charge < -0.3 is 19.7 Å². The van der Waals surface area contributed by atoms with Crippen LogP contribution in [0.25, 0.3) is 0 Å². The molecule has 0 bridgehead atoms. The van der Waals surface area contributed by atoms with Gasteiger partial charge in [0.1, 0.15) is 17.3 Å². The summed E-state index contributed by atoms with van der Waals surface area (Å²) in [7, 11) is 3.35. The van der Waals surface area contributed by atoms with Gasteiger partial charge in [-0.2, -0.15) is 4.98 Å². The van der Waals surface area contributed by atoms with E-state index in [0.29, 0.717) is 19.0 Å². The average Bonchev–Trinajstić information content (AvgIpc) is 2.80. The number of benzene rings is 2. The van der Waals surface area contributed by atoms with Crippen molar-refractivity contribution in [3.8, 4) is 11.5 Å². The van der Waals surface area contributed by atoms with E-state index in [-0.39, 0.29) is 0 Å². The molecule has 0 saturated heterocycles. The molecule has 158 valence electrons. The molecule has 1 N–H and O–H groups in total. The largest absolute Gasteiger partial charge is 0.497 e. The number of rotatable bonds is 11. The Labute approximate surface area is 178 Å². The van der Waals surface area contributed by atoms with Crippen LogP contribution in [0.5, 0.6) is 11.5 Å². The van der Waals surface area contributed by atoms with E-state index in [9.17, 15) is 0 Å². The molecule has 0 radical (unpaired) electrons. The molecule has 6 heteroatoms. The second kappa shape index (κ2) is 11.0. The van der Waals surface area contributed by atoms with Gasteiger partial charge in [0.05, 0.1) is 14.2 Å². The van der Waals surface area contributed by atoms with Gasteiger partial charge in [0, 0.05) is 25.8 Å². The van der Waals surface area contributed by atoms with Gasteiger partial charge in [-0.15, -0.1) is 0 Å². The maximum Gasteiger partial charge on any atom is 0.227 e. The van der Waals surface area contributed by atoms with Crippen LogP contribution in [0, 0.1) is 0 Å². The zero-order chi connectivity index (χ0) is 21.2. The van der Waals surface area contributed by atoms with Crippen LogP contribution in [0.15, 0.2) is 60.8 Å². The van der Waals surface area contributed by atoms with Gasteiger partial charge in [-0.3, -0.25) is 0 Å². The molecule has 30 heavy (non-hydrogen) atoms. The van der Waals surface area contributed by atoms with Crippen LogP contribution in [0.1, 0.15) is 30.9 Å². The molecule has 0 saturated carbocycles. The van der Waals surface area contributed by atoms with Crippen molar-refractivity contribution in [2.24, 2.45) is 0 Å². The summed E-state index contributed by atoms with van der Waals surface area (Å²) in [5.41, 5.74) is 2.33. The number of nitrogens with zero attached hydrogens (tertiary/aromatic N) is 3. The van der Waals surface area contributed by atoms with E-state index < -0.39 is 0 Å². The van der Waals surface area contributed by atoms with Crippen LogP contribution in [0.3, 0.4) is 0 Å². The Kier molecular flexibility index (Phi) is 7.89. The average molecular weight is 407 g/mol. The highest BCUT2D eigenvalue weighted by atomic mass is 16.5. The Morgan fingerprint density at radius 1 is 0.833 bits per heavy atom. The molecule has 0 aliphatic rings. The number of aromatic nitrogens is 2. The lowest BCUT2D eigenvalue weighted by Crippen LogP contribution is -2.24. The van der Waals surface area contributed by atoms with Crippen molar-refractivity contribution in [1.29, 1.82) is 0 Å². The van der Waals surface area contributed by atoms with E-state index in [0.717, 1.165) is 47.8 Å². The second-order valence-electron chi connectivity index (χ2n) is 7.07. The Morgan fingerprint density at radius 3 is 1.90 bits per heavy atom. The van der Waals surface area contributed by atoms with Crippen molar-refractivity contribution >= 4 is 11.8 Å². The molecule has 0 atom stereocenters. The Hall–Kier alpha value is -3.28. The van der Waals surface area contributed by atoms with Crippen molar-refractivity contribution < 1.29 is 9.47 Å². The van der Waals surface area contributed by atoms with Crippen LogP contribution in [-0.4, -0.2) is 30.7 Å². The molecule has 1 heterocycles. The highest BCUT2D eigenvalue weighted by Gasteiger charge is 2.13. The molecule has 2 aromatic carbocycles. The third-order valence-corrected chi connectivity index (χ3v) is 4.83. The van der Waals surface area contributed by atoms with Crippen molar-refractivity contribution in [3.63, 3.8) is 0 Å². The first-order chi connectivity index (χ1) is 14.7. The molecule has 1 aromatic heterocycles. The highest BCUT2D eigenvalue weighted by molar-refractivity contribution is 5.43.